The van der Waals surface area contributed by atoms with Crippen LogP contribution in [0.5, 0.6) is 0 Å². The van der Waals surface area contributed by atoms with E-state index in [9.17, 15) is 9.18 Å². The average Bonchev–Trinajstić information content (AvgIpc) is 2.67. The highest BCUT2D eigenvalue weighted by molar-refractivity contribution is 5.96. The lowest BCUT2D eigenvalue weighted by atomic mass is 10.1. The van der Waals surface area contributed by atoms with Gasteiger partial charge in [-0.3, -0.25) is 9.69 Å². The van der Waals surface area contributed by atoms with Crippen LogP contribution in [0.2, 0.25) is 0 Å². The van der Waals surface area contributed by atoms with Crippen LogP contribution in [0, 0.1) is 5.82 Å². The first-order valence-electron chi connectivity index (χ1n) is 8.63. The van der Waals surface area contributed by atoms with Crippen LogP contribution in [-0.2, 0) is 4.79 Å². The van der Waals surface area contributed by atoms with Gasteiger partial charge in [-0.1, -0.05) is 18.2 Å². The lowest BCUT2D eigenvalue weighted by Gasteiger charge is -2.39. The fraction of sp³-hybridized carbons (Fsp3) is 0.350. The molecular formula is C20H24FN3O. The van der Waals surface area contributed by atoms with Crippen molar-refractivity contribution >= 4 is 17.3 Å². The Balaban J connectivity index is 1.58. The van der Waals surface area contributed by atoms with Crippen LogP contribution >= 0.6 is 0 Å². The van der Waals surface area contributed by atoms with Crippen LogP contribution in [0.25, 0.3) is 0 Å². The molecule has 1 saturated heterocycles. The van der Waals surface area contributed by atoms with Gasteiger partial charge in [0, 0.05) is 44.6 Å². The third-order valence-corrected chi connectivity index (χ3v) is 4.89. The SMILES string of the molecule is C[C@@H](C(=O)N(C)c1ccccc1)N1CCN(c2ccc(F)cc2)CC1. The summed E-state index contributed by atoms with van der Waals surface area (Å²) in [5, 5.41) is 0. The van der Waals surface area contributed by atoms with Gasteiger partial charge in [0.05, 0.1) is 6.04 Å². The summed E-state index contributed by atoms with van der Waals surface area (Å²) in [6.45, 7) is 5.26. The second-order valence-corrected chi connectivity index (χ2v) is 6.41. The molecule has 3 rings (SSSR count). The van der Waals surface area contributed by atoms with Crippen LogP contribution < -0.4 is 9.80 Å². The molecule has 0 unspecified atom stereocenters. The number of piperazine rings is 1. The fourth-order valence-corrected chi connectivity index (χ4v) is 3.23. The van der Waals surface area contributed by atoms with Crippen molar-refractivity contribution in [1.29, 1.82) is 0 Å². The number of likely N-dealkylation sites (N-methyl/N-ethyl adjacent to an activating group) is 1. The molecule has 1 amide bonds. The van der Waals surface area contributed by atoms with Crippen LogP contribution in [0.3, 0.4) is 0 Å². The normalized spacial score (nSPS) is 16.5. The quantitative estimate of drug-likeness (QED) is 0.855. The Kier molecular flexibility index (Phi) is 5.34. The second kappa shape index (κ2) is 7.66. The number of carbonyl (C=O) groups is 1. The monoisotopic (exact) mass is 341 g/mol. The summed E-state index contributed by atoms with van der Waals surface area (Å²) in [5.74, 6) is -0.119. The van der Waals surface area contributed by atoms with Gasteiger partial charge in [0.2, 0.25) is 5.91 Å². The lowest BCUT2D eigenvalue weighted by molar-refractivity contribution is -0.123. The minimum absolute atomic E-state index is 0.0985. The Morgan fingerprint density at radius 2 is 1.60 bits per heavy atom. The number of nitrogens with zero attached hydrogens (tertiary/aromatic N) is 3. The lowest BCUT2D eigenvalue weighted by Crippen LogP contribution is -2.54. The molecule has 0 aromatic heterocycles. The first kappa shape index (κ1) is 17.4. The predicted octanol–water partition coefficient (Wildman–Crippen LogP) is 3.00. The number of hydrogen-bond acceptors (Lipinski definition) is 3. The van der Waals surface area contributed by atoms with Crippen molar-refractivity contribution in [2.45, 2.75) is 13.0 Å². The third-order valence-electron chi connectivity index (χ3n) is 4.89. The van der Waals surface area contributed by atoms with E-state index in [1.807, 2.05) is 56.4 Å². The van der Waals surface area contributed by atoms with Gasteiger partial charge in [0.1, 0.15) is 5.82 Å². The summed E-state index contributed by atoms with van der Waals surface area (Å²) in [6, 6.07) is 16.1. The molecule has 25 heavy (non-hydrogen) atoms. The topological polar surface area (TPSA) is 26.8 Å². The highest BCUT2D eigenvalue weighted by Gasteiger charge is 2.28. The molecule has 0 spiro atoms. The molecule has 1 atom stereocenters. The molecule has 1 aliphatic heterocycles. The Morgan fingerprint density at radius 1 is 1.00 bits per heavy atom. The number of halogens is 1. The summed E-state index contributed by atoms with van der Waals surface area (Å²) in [7, 11) is 1.82. The van der Waals surface area contributed by atoms with E-state index in [0.717, 1.165) is 37.6 Å². The zero-order valence-corrected chi connectivity index (χ0v) is 14.7. The molecule has 132 valence electrons. The van der Waals surface area contributed by atoms with Gasteiger partial charge in [0.25, 0.3) is 0 Å². The van der Waals surface area contributed by atoms with Crippen molar-refractivity contribution in [2.75, 3.05) is 43.0 Å². The Bertz CT molecular complexity index is 697. The summed E-state index contributed by atoms with van der Waals surface area (Å²) in [5.41, 5.74) is 1.94. The molecule has 5 heteroatoms. The number of para-hydroxylation sites is 1. The van der Waals surface area contributed by atoms with Crippen molar-refractivity contribution in [2.24, 2.45) is 0 Å². The Morgan fingerprint density at radius 3 is 2.20 bits per heavy atom. The summed E-state index contributed by atoms with van der Waals surface area (Å²) < 4.78 is 13.1. The molecule has 0 bridgehead atoms. The van der Waals surface area contributed by atoms with E-state index in [1.165, 1.54) is 12.1 Å². The van der Waals surface area contributed by atoms with Crippen molar-refractivity contribution in [3.05, 3.63) is 60.4 Å². The van der Waals surface area contributed by atoms with Crippen LogP contribution in [0.15, 0.2) is 54.6 Å². The van der Waals surface area contributed by atoms with Gasteiger partial charge in [-0.25, -0.2) is 4.39 Å². The second-order valence-electron chi connectivity index (χ2n) is 6.41. The molecule has 2 aromatic rings. The zero-order valence-electron chi connectivity index (χ0n) is 14.7. The molecule has 0 saturated carbocycles. The number of amides is 1. The number of rotatable bonds is 4. The molecule has 0 aliphatic carbocycles. The Labute approximate surface area is 148 Å². The van der Waals surface area contributed by atoms with Crippen LogP contribution in [0.1, 0.15) is 6.92 Å². The molecular weight excluding hydrogens is 317 g/mol. The molecule has 1 aliphatic rings. The van der Waals surface area contributed by atoms with Gasteiger partial charge in [-0.2, -0.15) is 0 Å². The molecule has 0 N–H and O–H groups in total. The van der Waals surface area contributed by atoms with Crippen molar-refractivity contribution in [1.82, 2.24) is 4.90 Å². The predicted molar refractivity (Wildman–Crippen MR) is 99.5 cm³/mol. The van der Waals surface area contributed by atoms with E-state index in [-0.39, 0.29) is 17.8 Å². The number of benzene rings is 2. The highest BCUT2D eigenvalue weighted by Crippen LogP contribution is 2.19. The average molecular weight is 341 g/mol. The van der Waals surface area contributed by atoms with E-state index >= 15 is 0 Å². The maximum atomic E-state index is 13.1. The first-order valence-corrected chi connectivity index (χ1v) is 8.63. The molecule has 0 radical (unpaired) electrons. The van der Waals surface area contributed by atoms with Crippen molar-refractivity contribution in [3.63, 3.8) is 0 Å². The number of hydrogen-bond donors (Lipinski definition) is 0. The van der Waals surface area contributed by atoms with E-state index in [0.29, 0.717) is 0 Å². The van der Waals surface area contributed by atoms with Gasteiger partial charge in [0.15, 0.2) is 0 Å². The minimum atomic E-state index is -0.217. The molecule has 1 fully saturated rings. The summed E-state index contributed by atoms with van der Waals surface area (Å²) >= 11 is 0. The number of carbonyl (C=O) groups excluding carboxylic acids is 1. The van der Waals surface area contributed by atoms with Gasteiger partial charge in [-0.15, -0.1) is 0 Å². The summed E-state index contributed by atoms with van der Waals surface area (Å²) in [6.07, 6.45) is 0. The standard InChI is InChI=1S/C20H24FN3O/c1-16(20(25)22(2)18-6-4-3-5-7-18)23-12-14-24(15-13-23)19-10-8-17(21)9-11-19/h3-11,16H,12-15H2,1-2H3/t16-/m0/s1. The van der Waals surface area contributed by atoms with Crippen molar-refractivity contribution in [3.8, 4) is 0 Å². The highest BCUT2D eigenvalue weighted by atomic mass is 19.1. The fourth-order valence-electron chi connectivity index (χ4n) is 3.23. The van der Waals surface area contributed by atoms with E-state index in [4.69, 9.17) is 0 Å². The smallest absolute Gasteiger partial charge is 0.243 e. The van der Waals surface area contributed by atoms with Crippen LogP contribution in [-0.4, -0.2) is 50.1 Å². The molecule has 2 aromatic carbocycles. The first-order chi connectivity index (χ1) is 12.1. The maximum absolute atomic E-state index is 13.1. The Hall–Kier alpha value is -2.40. The summed E-state index contributed by atoms with van der Waals surface area (Å²) in [4.78, 5) is 18.9. The zero-order chi connectivity index (χ0) is 17.8. The third kappa shape index (κ3) is 3.99. The largest absolute Gasteiger partial charge is 0.369 e. The van der Waals surface area contributed by atoms with E-state index in [1.54, 1.807) is 4.90 Å². The van der Waals surface area contributed by atoms with E-state index in [2.05, 4.69) is 9.80 Å². The number of anilines is 2. The van der Waals surface area contributed by atoms with Gasteiger partial charge < -0.3 is 9.80 Å². The molecule has 4 nitrogen and oxygen atoms in total. The minimum Gasteiger partial charge on any atom is -0.369 e. The maximum Gasteiger partial charge on any atom is 0.243 e. The van der Waals surface area contributed by atoms with Gasteiger partial charge >= 0.3 is 0 Å². The van der Waals surface area contributed by atoms with Crippen LogP contribution in [0.4, 0.5) is 15.8 Å². The van der Waals surface area contributed by atoms with Gasteiger partial charge in [-0.05, 0) is 43.3 Å². The van der Waals surface area contributed by atoms with Crippen molar-refractivity contribution < 1.29 is 9.18 Å². The molecule has 1 heterocycles. The van der Waals surface area contributed by atoms with E-state index < -0.39 is 0 Å².